The quantitative estimate of drug-likeness (QED) is 0.103. The van der Waals surface area contributed by atoms with E-state index in [2.05, 4.69) is 42.3 Å². The molecule has 3 aliphatic rings. The number of alkyl halides is 1. The molecule has 2 saturated carbocycles. The van der Waals surface area contributed by atoms with Gasteiger partial charge in [-0.1, -0.05) is 108 Å². The van der Waals surface area contributed by atoms with Crippen LogP contribution in [-0.4, -0.2) is 14.3 Å². The second-order valence-corrected chi connectivity index (χ2v) is 14.6. The van der Waals surface area contributed by atoms with E-state index in [1.54, 1.807) is 11.1 Å². The lowest BCUT2D eigenvalue weighted by Gasteiger charge is -2.53. The zero-order valence-electron chi connectivity index (χ0n) is 22.6. The van der Waals surface area contributed by atoms with Gasteiger partial charge < -0.3 is 5.41 Å². The van der Waals surface area contributed by atoms with Crippen LogP contribution in [0.5, 0.6) is 0 Å². The van der Waals surface area contributed by atoms with Gasteiger partial charge in [-0.05, 0) is 97.6 Å². The molecule has 4 unspecified atom stereocenters. The van der Waals surface area contributed by atoms with E-state index in [0.29, 0.717) is 5.92 Å². The Morgan fingerprint density at radius 3 is 2.51 bits per heavy atom. The summed E-state index contributed by atoms with van der Waals surface area (Å²) >= 11 is 0.176. The van der Waals surface area contributed by atoms with E-state index in [9.17, 15) is 0 Å². The molecule has 0 heterocycles. The van der Waals surface area contributed by atoms with Crippen LogP contribution in [-0.2, 0) is 12.8 Å². The van der Waals surface area contributed by atoms with Crippen molar-refractivity contribution in [2.45, 2.75) is 116 Å². The van der Waals surface area contributed by atoms with Crippen LogP contribution in [0.15, 0.2) is 24.8 Å². The van der Waals surface area contributed by atoms with Crippen LogP contribution in [0.1, 0.15) is 120 Å². The van der Waals surface area contributed by atoms with Crippen molar-refractivity contribution in [2.24, 2.45) is 29.1 Å². The maximum absolute atomic E-state index is 8.48. The third-order valence-electron chi connectivity index (χ3n) is 10.3. The highest BCUT2D eigenvalue weighted by atomic mass is 127. The minimum Gasteiger partial charge on any atom is -0.313 e. The molecule has 1 aromatic rings. The summed E-state index contributed by atoms with van der Waals surface area (Å²) in [5.41, 5.74) is 5.09. The molecular weight excluding hydrogens is 537 g/mol. The first-order valence-electron chi connectivity index (χ1n) is 14.9. The summed E-state index contributed by atoms with van der Waals surface area (Å²) in [5.74, 6) is 3.84. The monoisotopic (exact) mass is 587 g/mol. The van der Waals surface area contributed by atoms with Crippen molar-refractivity contribution in [3.8, 4) is 0 Å². The van der Waals surface area contributed by atoms with E-state index in [1.165, 1.54) is 99.9 Å². The number of hydrogen-bond acceptors (Lipinski definition) is 1. The lowest BCUT2D eigenvalue weighted by atomic mass is 9.51. The third-order valence-corrected chi connectivity index (χ3v) is 12.1. The summed E-state index contributed by atoms with van der Waals surface area (Å²) in [5, 5.41) is 8.48. The van der Waals surface area contributed by atoms with Crippen LogP contribution in [0.25, 0.3) is 0 Å². The lowest BCUT2D eigenvalue weighted by molar-refractivity contribution is 0.0381. The van der Waals surface area contributed by atoms with Crippen molar-refractivity contribution >= 4 is 30.6 Å². The van der Waals surface area contributed by atoms with Gasteiger partial charge in [0, 0.05) is 16.1 Å². The number of unbranched alkanes of at least 4 members (excludes halogenated alkanes) is 7. The van der Waals surface area contributed by atoms with Crippen LogP contribution in [0, 0.1) is 34.5 Å². The average molecular weight is 588 g/mol. The highest BCUT2D eigenvalue weighted by Crippen LogP contribution is 2.63. The number of benzene rings is 1. The van der Waals surface area contributed by atoms with Crippen molar-refractivity contribution in [3.05, 3.63) is 41.5 Å². The Labute approximate surface area is 226 Å². The Balaban J connectivity index is 1.36. The molecule has 2 fully saturated rings. The van der Waals surface area contributed by atoms with Gasteiger partial charge in [0.15, 0.2) is 0 Å². The molecule has 0 bridgehead atoms. The van der Waals surface area contributed by atoms with Crippen molar-refractivity contribution in [1.29, 1.82) is 5.41 Å². The zero-order valence-corrected chi connectivity index (χ0v) is 24.8. The molecule has 0 spiro atoms. The van der Waals surface area contributed by atoms with E-state index < -0.39 is 0 Å². The van der Waals surface area contributed by atoms with Gasteiger partial charge in [0.1, 0.15) is 0 Å². The molecule has 2 heteroatoms. The average Bonchev–Trinajstić information content (AvgIpc) is 3.23. The Morgan fingerprint density at radius 2 is 1.80 bits per heavy atom. The molecular formula is C33H50IN. The van der Waals surface area contributed by atoms with Crippen molar-refractivity contribution in [2.75, 3.05) is 4.43 Å². The van der Waals surface area contributed by atoms with E-state index >= 15 is 0 Å². The highest BCUT2D eigenvalue weighted by molar-refractivity contribution is 14.2. The highest BCUT2D eigenvalue weighted by Gasteiger charge is 2.56. The van der Waals surface area contributed by atoms with E-state index in [0.717, 1.165) is 30.1 Å². The van der Waals surface area contributed by atoms with E-state index in [4.69, 9.17) is 5.41 Å². The molecule has 0 aromatic heterocycles. The molecule has 4 rings (SSSR count). The molecule has 35 heavy (non-hydrogen) atoms. The number of hydrogen-bond donors (Lipinski definition) is 1. The predicted molar refractivity (Wildman–Crippen MR) is 163 cm³/mol. The van der Waals surface area contributed by atoms with Crippen molar-refractivity contribution in [3.63, 3.8) is 0 Å². The van der Waals surface area contributed by atoms with Gasteiger partial charge in [0.25, 0.3) is 0 Å². The summed E-state index contributed by atoms with van der Waals surface area (Å²) in [6.45, 7) is 8.50. The van der Waals surface area contributed by atoms with Gasteiger partial charge in [-0.25, -0.2) is 0 Å². The topological polar surface area (TPSA) is 23.9 Å². The smallest absolute Gasteiger partial charge is 0.0106 e. The molecule has 194 valence electrons. The Kier molecular flexibility index (Phi) is 10.3. The first kappa shape index (κ1) is 27.3. The van der Waals surface area contributed by atoms with Crippen LogP contribution in [0.4, 0.5) is 0 Å². The van der Waals surface area contributed by atoms with E-state index in [-0.39, 0.29) is 26.1 Å². The molecule has 0 amide bonds. The molecule has 3 aliphatic carbocycles. The third kappa shape index (κ3) is 6.06. The predicted octanol–water partition coefficient (Wildman–Crippen LogP) is 9.67. The van der Waals surface area contributed by atoms with Gasteiger partial charge >= 0.3 is 0 Å². The number of rotatable bonds is 13. The maximum Gasteiger partial charge on any atom is 0.0106 e. The standard InChI is InChI=1S/C33H50IN/c1-4-26-16-17-29-28(22-26)23-27(14-12-10-8-6-7-9-11-13-21-34-5-2)32-30(29)19-20-33(24-35)25(3)15-18-31(32)33/h16-17,22,24-25,27,30-32,35H,2,4,6-15,18-21,23H2,1,3H3/t25-,27?,30?,31?,32?,33-/m0/s1. The fourth-order valence-corrected chi connectivity index (χ4v) is 9.66. The van der Waals surface area contributed by atoms with Crippen molar-refractivity contribution < 1.29 is 0 Å². The molecule has 1 N–H and O–H groups in total. The van der Waals surface area contributed by atoms with Gasteiger partial charge in [0.2, 0.25) is 0 Å². The van der Waals surface area contributed by atoms with Gasteiger partial charge in [0.05, 0.1) is 0 Å². The first-order chi connectivity index (χ1) is 17.1. The molecule has 0 radical (unpaired) electrons. The molecule has 6 atom stereocenters. The largest absolute Gasteiger partial charge is 0.313 e. The SMILES string of the molecule is C=C=ICCCCCCCCCCC1Cc2cc(CC)ccc2C2CC[C@@]3(C=N)C(CC[C@@H]3C)C12. The van der Waals surface area contributed by atoms with Crippen LogP contribution in [0.2, 0.25) is 0 Å². The van der Waals surface area contributed by atoms with Crippen molar-refractivity contribution in [1.82, 2.24) is 0 Å². The minimum atomic E-state index is 0.176. The summed E-state index contributed by atoms with van der Waals surface area (Å²) < 4.78 is 4.50. The fraction of sp³-hybridized carbons (Fsp3) is 0.727. The number of aryl methyl sites for hydroxylation is 1. The zero-order chi connectivity index (χ0) is 24.7. The molecule has 0 saturated heterocycles. The molecule has 1 aromatic carbocycles. The van der Waals surface area contributed by atoms with Gasteiger partial charge in [-0.2, -0.15) is 0 Å². The second-order valence-electron chi connectivity index (χ2n) is 12.0. The second kappa shape index (κ2) is 13.2. The summed E-state index contributed by atoms with van der Waals surface area (Å²) in [4.78, 5) is 0. The first-order valence-corrected chi connectivity index (χ1v) is 17.5. The van der Waals surface area contributed by atoms with Crippen LogP contribution in [0.3, 0.4) is 0 Å². The lowest BCUT2D eigenvalue weighted by Crippen LogP contribution is -2.47. The fourth-order valence-electron chi connectivity index (χ4n) is 8.36. The maximum atomic E-state index is 8.48. The van der Waals surface area contributed by atoms with Gasteiger partial charge in [-0.3, -0.25) is 0 Å². The number of fused-ring (bicyclic) bond motifs is 5. The number of nitrogens with one attached hydrogen (secondary N) is 1. The molecule has 1 nitrogen and oxygen atoms in total. The Morgan fingerprint density at radius 1 is 1.06 bits per heavy atom. The minimum absolute atomic E-state index is 0.176. The normalized spacial score (nSPS) is 31.3. The summed E-state index contributed by atoms with van der Waals surface area (Å²) in [6.07, 6.45) is 22.4. The Hall–Kier alpha value is -0.730. The van der Waals surface area contributed by atoms with Gasteiger partial charge in [-0.15, -0.1) is 0 Å². The Bertz CT molecular complexity index is 883. The van der Waals surface area contributed by atoms with Crippen LogP contribution < -0.4 is 0 Å². The summed E-state index contributed by atoms with van der Waals surface area (Å²) in [6, 6.07) is 7.48. The summed E-state index contributed by atoms with van der Waals surface area (Å²) in [7, 11) is 0. The molecule has 0 aliphatic heterocycles. The van der Waals surface area contributed by atoms with E-state index in [1.807, 2.05) is 6.21 Å². The van der Waals surface area contributed by atoms with Crippen LogP contribution >= 0.6 is 20.7 Å². The number of halogens is 1.